The summed E-state index contributed by atoms with van der Waals surface area (Å²) in [5, 5.41) is 3.21. The summed E-state index contributed by atoms with van der Waals surface area (Å²) in [6.07, 6.45) is 6.45. The molecule has 1 aromatic heterocycles. The Morgan fingerprint density at radius 1 is 1.56 bits per heavy atom. The highest BCUT2D eigenvalue weighted by Crippen LogP contribution is 2.36. The molecule has 0 aliphatic heterocycles. The van der Waals surface area contributed by atoms with Crippen molar-refractivity contribution in [1.29, 1.82) is 0 Å². The third kappa shape index (κ3) is 3.23. The van der Waals surface area contributed by atoms with E-state index in [1.54, 1.807) is 12.3 Å². The van der Waals surface area contributed by atoms with Crippen LogP contribution < -0.4 is 5.32 Å². The molecule has 0 spiro atoms. The Labute approximate surface area is 120 Å². The molecule has 1 aromatic rings. The number of aromatic nitrogens is 1. The van der Waals surface area contributed by atoms with Gasteiger partial charge < -0.3 is 5.32 Å². The number of carbonyl (C=O) groups is 1. The predicted molar refractivity (Wildman–Crippen MR) is 75.9 cm³/mol. The minimum atomic E-state index is -0.151. The van der Waals surface area contributed by atoms with E-state index in [0.29, 0.717) is 12.1 Å². The standard InChI is InChI=1S/C13H16BrClN2O/c1-13(4-2-3-5-13)8-17-12(18)10-6-9(14)7-16-11(10)15/h6-7H,2-5,8H2,1H3,(H,17,18). The van der Waals surface area contributed by atoms with Gasteiger partial charge in [0.15, 0.2) is 0 Å². The van der Waals surface area contributed by atoms with Gasteiger partial charge >= 0.3 is 0 Å². The van der Waals surface area contributed by atoms with Crippen LogP contribution in [0.4, 0.5) is 0 Å². The third-order valence-corrected chi connectivity index (χ3v) is 4.27. The summed E-state index contributed by atoms with van der Waals surface area (Å²) in [5.74, 6) is -0.151. The van der Waals surface area contributed by atoms with Crippen molar-refractivity contribution in [3.05, 3.63) is 27.5 Å². The molecule has 0 unspecified atom stereocenters. The van der Waals surface area contributed by atoms with Crippen LogP contribution in [0.15, 0.2) is 16.7 Å². The molecule has 18 heavy (non-hydrogen) atoms. The lowest BCUT2D eigenvalue weighted by atomic mass is 9.89. The molecule has 5 heteroatoms. The summed E-state index contributed by atoms with van der Waals surface area (Å²) < 4.78 is 0.754. The summed E-state index contributed by atoms with van der Waals surface area (Å²) in [4.78, 5) is 16.0. The largest absolute Gasteiger partial charge is 0.351 e. The Hall–Kier alpha value is -0.610. The normalized spacial score (nSPS) is 17.7. The number of nitrogens with one attached hydrogen (secondary N) is 1. The number of nitrogens with zero attached hydrogens (tertiary/aromatic N) is 1. The number of rotatable bonds is 3. The number of pyridine rings is 1. The second-order valence-electron chi connectivity index (χ2n) is 5.19. The Kier molecular flexibility index (Phi) is 4.28. The van der Waals surface area contributed by atoms with Crippen molar-refractivity contribution >= 4 is 33.4 Å². The van der Waals surface area contributed by atoms with E-state index in [4.69, 9.17) is 11.6 Å². The van der Waals surface area contributed by atoms with Gasteiger partial charge in [-0.15, -0.1) is 0 Å². The summed E-state index contributed by atoms with van der Waals surface area (Å²) in [5.41, 5.74) is 0.661. The third-order valence-electron chi connectivity index (χ3n) is 3.54. The second-order valence-corrected chi connectivity index (χ2v) is 6.47. The van der Waals surface area contributed by atoms with Gasteiger partial charge in [-0.1, -0.05) is 31.4 Å². The first-order valence-corrected chi connectivity index (χ1v) is 7.27. The van der Waals surface area contributed by atoms with E-state index in [-0.39, 0.29) is 16.5 Å². The van der Waals surface area contributed by atoms with Gasteiger partial charge in [-0.05, 0) is 40.3 Å². The Balaban J connectivity index is 2.01. The zero-order valence-electron chi connectivity index (χ0n) is 10.3. The fourth-order valence-corrected chi connectivity index (χ4v) is 2.90. The number of halogens is 2. The van der Waals surface area contributed by atoms with Crippen molar-refractivity contribution in [2.24, 2.45) is 5.41 Å². The molecular weight excluding hydrogens is 316 g/mol. The first kappa shape index (κ1) is 13.8. The van der Waals surface area contributed by atoms with E-state index in [9.17, 15) is 4.79 Å². The summed E-state index contributed by atoms with van der Waals surface area (Å²) in [6, 6.07) is 1.70. The molecule has 98 valence electrons. The number of hydrogen-bond donors (Lipinski definition) is 1. The molecule has 1 fully saturated rings. The molecule has 1 saturated carbocycles. The van der Waals surface area contributed by atoms with E-state index < -0.39 is 0 Å². The van der Waals surface area contributed by atoms with Crippen molar-refractivity contribution in [1.82, 2.24) is 10.3 Å². The van der Waals surface area contributed by atoms with Crippen molar-refractivity contribution in [2.75, 3.05) is 6.54 Å². The van der Waals surface area contributed by atoms with E-state index in [0.717, 1.165) is 4.47 Å². The van der Waals surface area contributed by atoms with Gasteiger partial charge in [0.05, 0.1) is 5.56 Å². The molecule has 0 aromatic carbocycles. The van der Waals surface area contributed by atoms with Crippen LogP contribution in [0.2, 0.25) is 5.15 Å². The fourth-order valence-electron chi connectivity index (χ4n) is 2.38. The van der Waals surface area contributed by atoms with Crippen LogP contribution in [0.25, 0.3) is 0 Å². The highest BCUT2D eigenvalue weighted by Gasteiger charge is 2.29. The van der Waals surface area contributed by atoms with E-state index >= 15 is 0 Å². The van der Waals surface area contributed by atoms with Gasteiger partial charge in [0.25, 0.3) is 5.91 Å². The van der Waals surface area contributed by atoms with Gasteiger partial charge in [-0.3, -0.25) is 4.79 Å². The van der Waals surface area contributed by atoms with Crippen LogP contribution >= 0.6 is 27.5 Å². The molecule has 0 saturated heterocycles. The maximum atomic E-state index is 12.1. The van der Waals surface area contributed by atoms with Crippen molar-refractivity contribution in [2.45, 2.75) is 32.6 Å². The SMILES string of the molecule is CC1(CNC(=O)c2cc(Br)cnc2Cl)CCCC1. The van der Waals surface area contributed by atoms with E-state index in [1.165, 1.54) is 25.7 Å². The maximum Gasteiger partial charge on any atom is 0.254 e. The lowest BCUT2D eigenvalue weighted by molar-refractivity contribution is 0.0934. The summed E-state index contributed by atoms with van der Waals surface area (Å²) in [6.45, 7) is 2.93. The first-order valence-electron chi connectivity index (χ1n) is 6.09. The molecule has 2 rings (SSSR count). The minimum Gasteiger partial charge on any atom is -0.351 e. The van der Waals surface area contributed by atoms with Crippen LogP contribution in [-0.2, 0) is 0 Å². The Morgan fingerprint density at radius 3 is 2.89 bits per heavy atom. The van der Waals surface area contributed by atoms with Crippen LogP contribution in [0.3, 0.4) is 0 Å². The minimum absolute atomic E-state index is 0.151. The van der Waals surface area contributed by atoms with E-state index in [2.05, 4.69) is 33.2 Å². The van der Waals surface area contributed by atoms with Crippen LogP contribution in [0, 0.1) is 5.41 Å². The maximum absolute atomic E-state index is 12.1. The monoisotopic (exact) mass is 330 g/mol. The van der Waals surface area contributed by atoms with Gasteiger partial charge in [0, 0.05) is 17.2 Å². The molecular formula is C13H16BrClN2O. The second kappa shape index (κ2) is 5.57. The lowest BCUT2D eigenvalue weighted by Gasteiger charge is -2.23. The molecule has 1 N–H and O–H groups in total. The van der Waals surface area contributed by atoms with Crippen LogP contribution in [0.5, 0.6) is 0 Å². The van der Waals surface area contributed by atoms with Crippen LogP contribution in [-0.4, -0.2) is 17.4 Å². The quantitative estimate of drug-likeness (QED) is 0.856. The first-order chi connectivity index (χ1) is 8.50. The molecule has 0 radical (unpaired) electrons. The lowest BCUT2D eigenvalue weighted by Crippen LogP contribution is -2.34. The topological polar surface area (TPSA) is 42.0 Å². The average molecular weight is 332 g/mol. The molecule has 0 bridgehead atoms. The van der Waals surface area contributed by atoms with E-state index in [1.807, 2.05) is 0 Å². The number of hydrogen-bond acceptors (Lipinski definition) is 2. The molecule has 0 atom stereocenters. The molecule has 1 aliphatic carbocycles. The molecule has 3 nitrogen and oxygen atoms in total. The smallest absolute Gasteiger partial charge is 0.254 e. The van der Waals surface area contributed by atoms with Crippen molar-refractivity contribution in [3.63, 3.8) is 0 Å². The summed E-state index contributed by atoms with van der Waals surface area (Å²) >= 11 is 9.22. The molecule has 1 amide bonds. The van der Waals surface area contributed by atoms with Gasteiger partial charge in [0.2, 0.25) is 0 Å². The highest BCUT2D eigenvalue weighted by molar-refractivity contribution is 9.10. The Bertz CT molecular complexity index is 458. The zero-order valence-corrected chi connectivity index (χ0v) is 12.6. The Morgan fingerprint density at radius 2 is 2.22 bits per heavy atom. The number of amides is 1. The van der Waals surface area contributed by atoms with Crippen LogP contribution in [0.1, 0.15) is 43.0 Å². The van der Waals surface area contributed by atoms with Gasteiger partial charge in [-0.2, -0.15) is 0 Å². The van der Waals surface area contributed by atoms with Gasteiger partial charge in [0.1, 0.15) is 5.15 Å². The predicted octanol–water partition coefficient (Wildman–Crippen LogP) is 3.81. The van der Waals surface area contributed by atoms with Crippen molar-refractivity contribution < 1.29 is 4.79 Å². The fraction of sp³-hybridized carbons (Fsp3) is 0.538. The average Bonchev–Trinajstić information content (AvgIpc) is 2.77. The molecule has 1 aliphatic rings. The molecule has 1 heterocycles. The van der Waals surface area contributed by atoms with Gasteiger partial charge in [-0.25, -0.2) is 4.98 Å². The number of carbonyl (C=O) groups excluding carboxylic acids is 1. The highest BCUT2D eigenvalue weighted by atomic mass is 79.9. The summed E-state index contributed by atoms with van der Waals surface area (Å²) in [7, 11) is 0. The zero-order chi connectivity index (χ0) is 13.2. The van der Waals surface area contributed by atoms with Crippen molar-refractivity contribution in [3.8, 4) is 0 Å².